The van der Waals surface area contributed by atoms with Crippen LogP contribution < -0.4 is 5.43 Å². The van der Waals surface area contributed by atoms with Gasteiger partial charge in [-0.2, -0.15) is 5.10 Å². The van der Waals surface area contributed by atoms with Gasteiger partial charge in [0.05, 0.1) is 11.8 Å². The minimum atomic E-state index is -0.536. The smallest absolute Gasteiger partial charge is 0.275 e. The van der Waals surface area contributed by atoms with Crippen molar-refractivity contribution in [2.75, 3.05) is 0 Å². The minimum Gasteiger partial charge on any atom is -0.507 e. The van der Waals surface area contributed by atoms with Gasteiger partial charge in [0, 0.05) is 0 Å². The summed E-state index contributed by atoms with van der Waals surface area (Å²) in [6, 6.07) is 11.9. The van der Waals surface area contributed by atoms with Gasteiger partial charge < -0.3 is 5.11 Å². The molecular weight excluding hydrogens is 247 g/mol. The summed E-state index contributed by atoms with van der Waals surface area (Å²) < 4.78 is 12.9. The van der Waals surface area contributed by atoms with E-state index >= 15 is 0 Å². The van der Waals surface area contributed by atoms with E-state index in [0.29, 0.717) is 5.56 Å². The number of carbonyl (C=O) groups is 1. The van der Waals surface area contributed by atoms with E-state index in [-0.39, 0.29) is 17.1 Å². The molecule has 0 atom stereocenters. The van der Waals surface area contributed by atoms with Crippen LogP contribution in [0.15, 0.2) is 53.6 Å². The number of hydrazone groups is 1. The molecule has 1 amide bonds. The molecule has 0 spiro atoms. The number of para-hydroxylation sites is 1. The lowest BCUT2D eigenvalue weighted by molar-refractivity contribution is 0.0952. The van der Waals surface area contributed by atoms with Crippen LogP contribution in [0.5, 0.6) is 5.75 Å². The van der Waals surface area contributed by atoms with Crippen LogP contribution in [0.3, 0.4) is 0 Å². The van der Waals surface area contributed by atoms with Gasteiger partial charge in [-0.15, -0.1) is 0 Å². The van der Waals surface area contributed by atoms with Gasteiger partial charge in [0.25, 0.3) is 5.91 Å². The molecule has 0 radical (unpaired) electrons. The highest BCUT2D eigenvalue weighted by atomic mass is 19.1. The van der Waals surface area contributed by atoms with Crippen LogP contribution in [0.25, 0.3) is 0 Å². The molecule has 2 rings (SSSR count). The van der Waals surface area contributed by atoms with Crippen molar-refractivity contribution >= 4 is 12.1 Å². The van der Waals surface area contributed by atoms with E-state index in [9.17, 15) is 14.3 Å². The number of benzene rings is 2. The van der Waals surface area contributed by atoms with Crippen LogP contribution >= 0.6 is 0 Å². The number of nitrogens with zero attached hydrogens (tertiary/aromatic N) is 1. The Morgan fingerprint density at radius 3 is 2.74 bits per heavy atom. The maximum absolute atomic E-state index is 12.9. The van der Waals surface area contributed by atoms with Gasteiger partial charge in [-0.1, -0.05) is 24.3 Å². The van der Waals surface area contributed by atoms with Crippen LogP contribution in [0.1, 0.15) is 15.9 Å². The van der Waals surface area contributed by atoms with Crippen LogP contribution in [0.4, 0.5) is 4.39 Å². The van der Waals surface area contributed by atoms with Crippen molar-refractivity contribution in [3.8, 4) is 5.75 Å². The Morgan fingerprint density at radius 1 is 1.21 bits per heavy atom. The van der Waals surface area contributed by atoms with Crippen LogP contribution in [-0.4, -0.2) is 17.2 Å². The fraction of sp³-hybridized carbons (Fsp3) is 0. The van der Waals surface area contributed by atoms with Gasteiger partial charge in [0.15, 0.2) is 0 Å². The first kappa shape index (κ1) is 12.8. The number of nitrogens with one attached hydrogen (secondary N) is 1. The summed E-state index contributed by atoms with van der Waals surface area (Å²) in [6.45, 7) is 0. The van der Waals surface area contributed by atoms with E-state index < -0.39 is 5.91 Å². The molecular formula is C14H11FN2O2. The topological polar surface area (TPSA) is 61.7 Å². The van der Waals surface area contributed by atoms with E-state index in [1.165, 1.54) is 30.5 Å². The first-order valence-electron chi connectivity index (χ1n) is 5.54. The molecule has 96 valence electrons. The monoisotopic (exact) mass is 258 g/mol. The summed E-state index contributed by atoms with van der Waals surface area (Å²) in [5.74, 6) is -1.04. The molecule has 0 heterocycles. The Labute approximate surface area is 109 Å². The number of carbonyl (C=O) groups excluding carboxylic acids is 1. The number of amides is 1. The number of aromatic hydroxyl groups is 1. The summed E-state index contributed by atoms with van der Waals surface area (Å²) >= 11 is 0. The van der Waals surface area contributed by atoms with E-state index in [4.69, 9.17) is 0 Å². The second-order valence-corrected chi connectivity index (χ2v) is 3.77. The van der Waals surface area contributed by atoms with Gasteiger partial charge in [0.1, 0.15) is 11.6 Å². The van der Waals surface area contributed by atoms with E-state index in [1.54, 1.807) is 24.3 Å². The van der Waals surface area contributed by atoms with Gasteiger partial charge in [-0.05, 0) is 29.8 Å². The largest absolute Gasteiger partial charge is 0.507 e. The lowest BCUT2D eigenvalue weighted by Gasteiger charge is -2.01. The van der Waals surface area contributed by atoms with Crippen LogP contribution in [0.2, 0.25) is 0 Å². The average molecular weight is 258 g/mol. The molecule has 0 saturated carbocycles. The zero-order chi connectivity index (χ0) is 13.7. The fourth-order valence-corrected chi connectivity index (χ4v) is 1.48. The summed E-state index contributed by atoms with van der Waals surface area (Å²) in [5.41, 5.74) is 2.91. The molecule has 4 nitrogen and oxygen atoms in total. The first-order chi connectivity index (χ1) is 9.16. The number of hydrogen-bond acceptors (Lipinski definition) is 3. The van der Waals surface area contributed by atoms with Crippen molar-refractivity contribution in [3.05, 3.63) is 65.5 Å². The highest BCUT2D eigenvalue weighted by molar-refractivity contribution is 5.97. The predicted octanol–water partition coefficient (Wildman–Crippen LogP) is 2.30. The van der Waals surface area contributed by atoms with Crippen molar-refractivity contribution in [3.63, 3.8) is 0 Å². The zero-order valence-corrected chi connectivity index (χ0v) is 9.88. The van der Waals surface area contributed by atoms with Crippen molar-refractivity contribution in [1.29, 1.82) is 0 Å². The molecule has 0 saturated heterocycles. The summed E-state index contributed by atoms with van der Waals surface area (Å²) in [7, 11) is 0. The van der Waals surface area contributed by atoms with Gasteiger partial charge in [-0.25, -0.2) is 9.82 Å². The van der Waals surface area contributed by atoms with Crippen molar-refractivity contribution in [2.45, 2.75) is 0 Å². The standard InChI is InChI=1S/C14H11FN2O2/c15-11-5-3-4-10(8-11)9-16-17-14(19)12-6-1-2-7-13(12)18/h1-9,18H,(H,17,19). The van der Waals surface area contributed by atoms with Crippen LogP contribution in [-0.2, 0) is 0 Å². The van der Waals surface area contributed by atoms with Gasteiger partial charge in [-0.3, -0.25) is 4.79 Å². The van der Waals surface area contributed by atoms with Crippen molar-refractivity contribution in [1.82, 2.24) is 5.43 Å². The number of phenols is 1. The molecule has 0 unspecified atom stereocenters. The molecule has 0 aliphatic carbocycles. The van der Waals surface area contributed by atoms with E-state index in [2.05, 4.69) is 10.5 Å². The Bertz CT molecular complexity index is 626. The predicted molar refractivity (Wildman–Crippen MR) is 69.6 cm³/mol. The highest BCUT2D eigenvalue weighted by Gasteiger charge is 2.08. The zero-order valence-electron chi connectivity index (χ0n) is 9.88. The third kappa shape index (κ3) is 3.38. The maximum Gasteiger partial charge on any atom is 0.275 e. The molecule has 0 bridgehead atoms. The summed E-state index contributed by atoms with van der Waals surface area (Å²) in [5, 5.41) is 13.2. The number of halogens is 1. The summed E-state index contributed by atoms with van der Waals surface area (Å²) in [4.78, 5) is 11.7. The van der Waals surface area contributed by atoms with E-state index in [0.717, 1.165) is 0 Å². The second kappa shape index (κ2) is 5.77. The third-order valence-electron chi connectivity index (χ3n) is 2.38. The van der Waals surface area contributed by atoms with Crippen molar-refractivity contribution < 1.29 is 14.3 Å². The molecule has 2 N–H and O–H groups in total. The Hall–Kier alpha value is -2.69. The van der Waals surface area contributed by atoms with Gasteiger partial charge >= 0.3 is 0 Å². The molecule has 0 aromatic heterocycles. The number of rotatable bonds is 3. The quantitative estimate of drug-likeness (QED) is 0.655. The summed E-state index contributed by atoms with van der Waals surface area (Å²) in [6.07, 6.45) is 1.32. The Morgan fingerprint density at radius 2 is 2.00 bits per heavy atom. The Balaban J connectivity index is 2.03. The molecule has 5 heteroatoms. The Kier molecular flexibility index (Phi) is 3.87. The highest BCUT2D eigenvalue weighted by Crippen LogP contribution is 2.14. The molecule has 19 heavy (non-hydrogen) atoms. The van der Waals surface area contributed by atoms with Crippen LogP contribution in [0, 0.1) is 5.82 Å². The molecule has 0 aliphatic rings. The SMILES string of the molecule is O=C(NN=Cc1cccc(F)c1)c1ccccc1O. The average Bonchev–Trinajstić information content (AvgIpc) is 2.39. The van der Waals surface area contributed by atoms with E-state index in [1.807, 2.05) is 0 Å². The minimum absolute atomic E-state index is 0.124. The third-order valence-corrected chi connectivity index (χ3v) is 2.38. The number of phenolic OH excluding ortho intramolecular Hbond substituents is 1. The lowest BCUT2D eigenvalue weighted by atomic mass is 10.2. The lowest BCUT2D eigenvalue weighted by Crippen LogP contribution is -2.17. The molecule has 2 aromatic rings. The maximum atomic E-state index is 12.9. The molecule has 0 aliphatic heterocycles. The number of hydrogen-bond donors (Lipinski definition) is 2. The second-order valence-electron chi connectivity index (χ2n) is 3.77. The van der Waals surface area contributed by atoms with Crippen molar-refractivity contribution in [2.24, 2.45) is 5.10 Å². The normalized spacial score (nSPS) is 10.6. The molecule has 0 fully saturated rings. The molecule has 2 aromatic carbocycles. The first-order valence-corrected chi connectivity index (χ1v) is 5.54. The fourth-order valence-electron chi connectivity index (χ4n) is 1.48. The van der Waals surface area contributed by atoms with Gasteiger partial charge in [0.2, 0.25) is 0 Å².